The van der Waals surface area contributed by atoms with E-state index < -0.39 is 11.4 Å². The van der Waals surface area contributed by atoms with Gasteiger partial charge in [0.05, 0.1) is 7.11 Å². The van der Waals surface area contributed by atoms with Crippen LogP contribution >= 0.6 is 11.8 Å². The van der Waals surface area contributed by atoms with E-state index in [4.69, 9.17) is 4.74 Å². The molecule has 1 aliphatic heterocycles. The lowest BCUT2D eigenvalue weighted by atomic mass is 9.78. The number of methoxy groups -OCH3 is 1. The second kappa shape index (κ2) is 5.57. The summed E-state index contributed by atoms with van der Waals surface area (Å²) < 4.78 is 4.86. The van der Waals surface area contributed by atoms with Crippen molar-refractivity contribution >= 4 is 23.5 Å². The van der Waals surface area contributed by atoms with Gasteiger partial charge in [0, 0.05) is 17.9 Å². The number of ether oxygens (including phenoxy) is 1. The van der Waals surface area contributed by atoms with Gasteiger partial charge in [-0.3, -0.25) is 9.59 Å². The molecule has 18 heavy (non-hydrogen) atoms. The molecule has 1 aromatic carbocycles. The van der Waals surface area contributed by atoms with Crippen LogP contribution in [0.3, 0.4) is 0 Å². The number of carbonyl (C=O) groups excluding carboxylic acids is 2. The molecule has 1 unspecified atom stereocenters. The van der Waals surface area contributed by atoms with Crippen molar-refractivity contribution in [1.29, 1.82) is 0 Å². The zero-order valence-electron chi connectivity index (χ0n) is 10.3. The van der Waals surface area contributed by atoms with Crippen molar-refractivity contribution in [2.75, 3.05) is 18.6 Å². The molecule has 1 atom stereocenters. The summed E-state index contributed by atoms with van der Waals surface area (Å²) in [6.07, 6.45) is 0.888. The van der Waals surface area contributed by atoms with Crippen LogP contribution < -0.4 is 0 Å². The monoisotopic (exact) mass is 264 g/mol. The van der Waals surface area contributed by atoms with Crippen molar-refractivity contribution < 1.29 is 14.3 Å². The fourth-order valence-electron chi connectivity index (χ4n) is 2.27. The first-order valence-corrected chi connectivity index (χ1v) is 7.08. The predicted octanol–water partition coefficient (Wildman–Crippen LogP) is 2.09. The summed E-state index contributed by atoms with van der Waals surface area (Å²) in [4.78, 5) is 24.3. The fraction of sp³-hybridized carbons (Fsp3) is 0.429. The number of Topliss-reactive ketones (excluding diaryl/α,β-unsaturated/α-hetero) is 1. The first-order chi connectivity index (χ1) is 8.69. The third-order valence-electron chi connectivity index (χ3n) is 3.28. The van der Waals surface area contributed by atoms with Crippen molar-refractivity contribution in [3.8, 4) is 0 Å². The number of carbonyl (C=O) groups is 2. The van der Waals surface area contributed by atoms with Crippen LogP contribution in [0.2, 0.25) is 0 Å². The van der Waals surface area contributed by atoms with E-state index in [1.165, 1.54) is 7.11 Å². The molecule has 1 saturated heterocycles. The van der Waals surface area contributed by atoms with Crippen molar-refractivity contribution in [3.05, 3.63) is 35.9 Å². The van der Waals surface area contributed by atoms with Crippen LogP contribution in [0.25, 0.3) is 0 Å². The van der Waals surface area contributed by atoms with Gasteiger partial charge in [0.15, 0.2) is 5.78 Å². The van der Waals surface area contributed by atoms with E-state index in [0.717, 1.165) is 11.3 Å². The topological polar surface area (TPSA) is 43.4 Å². The highest BCUT2D eigenvalue weighted by Gasteiger charge is 2.48. The van der Waals surface area contributed by atoms with Crippen LogP contribution in [0.4, 0.5) is 0 Å². The zero-order valence-corrected chi connectivity index (χ0v) is 11.2. The summed E-state index contributed by atoms with van der Waals surface area (Å²) >= 11 is 1.65. The Kier molecular flexibility index (Phi) is 4.07. The molecule has 0 N–H and O–H groups in total. The summed E-state index contributed by atoms with van der Waals surface area (Å²) in [6, 6.07) is 9.64. The van der Waals surface area contributed by atoms with Gasteiger partial charge < -0.3 is 4.74 Å². The fourth-order valence-corrected chi connectivity index (χ4v) is 3.47. The lowest BCUT2D eigenvalue weighted by molar-refractivity contribution is -0.156. The number of ketones is 1. The molecule has 0 saturated carbocycles. The lowest BCUT2D eigenvalue weighted by Gasteiger charge is -2.32. The first-order valence-electron chi connectivity index (χ1n) is 5.92. The number of esters is 1. The van der Waals surface area contributed by atoms with Gasteiger partial charge in [0.2, 0.25) is 0 Å². The van der Waals surface area contributed by atoms with Crippen molar-refractivity contribution in [2.45, 2.75) is 12.8 Å². The van der Waals surface area contributed by atoms with E-state index in [1.54, 1.807) is 11.8 Å². The molecule has 0 aliphatic carbocycles. The second-order valence-corrected chi connectivity index (χ2v) is 5.57. The Balaban J connectivity index is 2.30. The maximum absolute atomic E-state index is 12.2. The zero-order chi connectivity index (χ0) is 13.0. The van der Waals surface area contributed by atoms with Crippen molar-refractivity contribution in [3.63, 3.8) is 0 Å². The van der Waals surface area contributed by atoms with Gasteiger partial charge in [-0.1, -0.05) is 30.3 Å². The maximum Gasteiger partial charge on any atom is 0.320 e. The highest BCUT2D eigenvalue weighted by atomic mass is 32.2. The Morgan fingerprint density at radius 2 is 2.11 bits per heavy atom. The molecule has 0 bridgehead atoms. The van der Waals surface area contributed by atoms with Gasteiger partial charge in [-0.2, -0.15) is 11.8 Å². The van der Waals surface area contributed by atoms with Crippen LogP contribution in [-0.2, 0) is 20.7 Å². The molecule has 1 heterocycles. The Morgan fingerprint density at radius 1 is 1.39 bits per heavy atom. The number of rotatable bonds is 3. The molecule has 0 spiro atoms. The number of hydrogen-bond donors (Lipinski definition) is 0. The van der Waals surface area contributed by atoms with E-state index >= 15 is 0 Å². The smallest absolute Gasteiger partial charge is 0.320 e. The van der Waals surface area contributed by atoms with Gasteiger partial charge in [0.25, 0.3) is 0 Å². The van der Waals surface area contributed by atoms with Crippen LogP contribution in [0, 0.1) is 5.41 Å². The molecule has 2 rings (SSSR count). The molecule has 0 radical (unpaired) electrons. The average Bonchev–Trinajstić information content (AvgIpc) is 2.41. The van der Waals surface area contributed by atoms with Gasteiger partial charge >= 0.3 is 5.97 Å². The van der Waals surface area contributed by atoms with Crippen molar-refractivity contribution in [1.82, 2.24) is 0 Å². The first kappa shape index (κ1) is 13.1. The van der Waals surface area contributed by atoms with Crippen LogP contribution in [0.5, 0.6) is 0 Å². The SMILES string of the molecule is COC(=O)C1(Cc2ccccc2)CSCCC1=O. The third kappa shape index (κ3) is 2.43. The van der Waals surface area contributed by atoms with Crippen LogP contribution in [0.1, 0.15) is 12.0 Å². The van der Waals surface area contributed by atoms with Crippen LogP contribution in [-0.4, -0.2) is 30.4 Å². The largest absolute Gasteiger partial charge is 0.468 e. The Bertz CT molecular complexity index is 434. The minimum Gasteiger partial charge on any atom is -0.468 e. The Morgan fingerprint density at radius 3 is 2.72 bits per heavy atom. The molecule has 0 amide bonds. The number of benzene rings is 1. The summed E-state index contributed by atoms with van der Waals surface area (Å²) in [5, 5.41) is 0. The maximum atomic E-state index is 12.2. The van der Waals surface area contributed by atoms with E-state index in [0.29, 0.717) is 18.6 Å². The molecule has 1 fully saturated rings. The Hall–Kier alpha value is -1.29. The van der Waals surface area contributed by atoms with Gasteiger partial charge in [-0.05, 0) is 12.0 Å². The summed E-state index contributed by atoms with van der Waals surface area (Å²) in [6.45, 7) is 0. The lowest BCUT2D eigenvalue weighted by Crippen LogP contribution is -2.46. The summed E-state index contributed by atoms with van der Waals surface area (Å²) in [7, 11) is 1.35. The molecule has 0 aromatic heterocycles. The second-order valence-electron chi connectivity index (χ2n) is 4.46. The van der Waals surface area contributed by atoms with Gasteiger partial charge in [0.1, 0.15) is 5.41 Å². The Labute approximate surface area is 111 Å². The molecule has 1 aromatic rings. The minimum atomic E-state index is -0.987. The molecule has 96 valence electrons. The van der Waals surface area contributed by atoms with Crippen LogP contribution in [0.15, 0.2) is 30.3 Å². The molecular weight excluding hydrogens is 248 g/mol. The predicted molar refractivity (Wildman–Crippen MR) is 71.5 cm³/mol. The van der Waals surface area contributed by atoms with E-state index in [-0.39, 0.29) is 5.78 Å². The minimum absolute atomic E-state index is 0.0111. The number of thioether (sulfide) groups is 1. The summed E-state index contributed by atoms with van der Waals surface area (Å²) in [5.74, 6) is 0.931. The third-order valence-corrected chi connectivity index (χ3v) is 4.47. The van der Waals surface area contributed by atoms with E-state index in [2.05, 4.69) is 0 Å². The highest BCUT2D eigenvalue weighted by molar-refractivity contribution is 7.99. The average molecular weight is 264 g/mol. The molecular formula is C14H16O3S. The molecule has 4 heteroatoms. The normalized spacial score (nSPS) is 23.7. The van der Waals surface area contributed by atoms with Gasteiger partial charge in [-0.15, -0.1) is 0 Å². The van der Waals surface area contributed by atoms with E-state index in [9.17, 15) is 9.59 Å². The highest BCUT2D eigenvalue weighted by Crippen LogP contribution is 2.36. The van der Waals surface area contributed by atoms with Crippen molar-refractivity contribution in [2.24, 2.45) is 5.41 Å². The number of hydrogen-bond acceptors (Lipinski definition) is 4. The standard InChI is InChI=1S/C14H16O3S/c1-17-13(16)14(10-18-8-7-12(14)15)9-11-5-3-2-4-6-11/h2-6H,7-10H2,1H3. The van der Waals surface area contributed by atoms with Gasteiger partial charge in [-0.25, -0.2) is 0 Å². The quantitative estimate of drug-likeness (QED) is 0.619. The molecule has 1 aliphatic rings. The summed E-state index contributed by atoms with van der Waals surface area (Å²) in [5.41, 5.74) is 0.0118. The van der Waals surface area contributed by atoms with E-state index in [1.807, 2.05) is 30.3 Å². The molecule has 3 nitrogen and oxygen atoms in total.